The molecule has 162 valence electrons. The summed E-state index contributed by atoms with van der Waals surface area (Å²) in [5.74, 6) is -1.08. The maximum atomic E-state index is 13.6. The van der Waals surface area contributed by atoms with Gasteiger partial charge in [-0.05, 0) is 31.2 Å². The van der Waals surface area contributed by atoms with Gasteiger partial charge in [-0.2, -0.15) is 0 Å². The van der Waals surface area contributed by atoms with E-state index in [1.807, 2.05) is 0 Å². The number of thioether (sulfide) groups is 1. The van der Waals surface area contributed by atoms with E-state index in [2.05, 4.69) is 4.99 Å². The van der Waals surface area contributed by atoms with Gasteiger partial charge in [0.1, 0.15) is 39.4 Å². The van der Waals surface area contributed by atoms with Crippen LogP contribution in [0.2, 0.25) is 0 Å². The van der Waals surface area contributed by atoms with Crippen LogP contribution in [0.15, 0.2) is 57.6 Å². The average Bonchev–Trinajstić information content (AvgIpc) is 3.04. The zero-order valence-electron chi connectivity index (χ0n) is 17.0. The molecule has 1 aliphatic heterocycles. The average molecular weight is 445 g/mol. The summed E-state index contributed by atoms with van der Waals surface area (Å²) in [4.78, 5) is 17.0. The number of phenolic OH excluding ortho intramolecular Hbond substituents is 1. The number of aliphatic hydroxyl groups excluding tert-OH is 1. The number of aromatic hydroxyl groups is 1. The quantitative estimate of drug-likeness (QED) is 0.620. The van der Waals surface area contributed by atoms with Gasteiger partial charge in [0.25, 0.3) is 0 Å². The lowest BCUT2D eigenvalue weighted by Gasteiger charge is -2.10. The molecule has 0 radical (unpaired) electrons. The number of benzene rings is 2. The summed E-state index contributed by atoms with van der Waals surface area (Å²) in [6.07, 6.45) is 1.46. The molecule has 0 fully saturated rings. The monoisotopic (exact) mass is 445 g/mol. The van der Waals surface area contributed by atoms with Crippen LogP contribution in [0.4, 0.5) is 10.1 Å². The number of hydrogen-bond acceptors (Lipinski definition) is 8. The summed E-state index contributed by atoms with van der Waals surface area (Å²) in [5, 5.41) is 21.3. The molecule has 0 atom stereocenters. The van der Waals surface area contributed by atoms with Gasteiger partial charge in [0.05, 0.1) is 37.0 Å². The molecule has 0 saturated carbocycles. The van der Waals surface area contributed by atoms with Gasteiger partial charge >= 0.3 is 5.97 Å². The first kappa shape index (κ1) is 22.2. The van der Waals surface area contributed by atoms with Gasteiger partial charge in [0.2, 0.25) is 0 Å². The van der Waals surface area contributed by atoms with E-state index in [0.717, 1.165) is 11.8 Å². The first-order chi connectivity index (χ1) is 14.9. The Kier molecular flexibility index (Phi) is 6.86. The second kappa shape index (κ2) is 9.57. The first-order valence-corrected chi connectivity index (χ1v) is 9.99. The number of methoxy groups -OCH3 is 2. The standard InChI is InChI=1S/C22H20FNO6S/c1-4-30-22(27)19-20(26)18(31-21(19)24-13-7-5-6-12(23)8-13)11-15-16(25)9-14(28-2)10-17(15)29-3/h5-11,25-26H,4H2,1-3H3/b18-11+,24-21?. The number of nitrogens with zero attached hydrogens (tertiary/aromatic N) is 1. The van der Waals surface area contributed by atoms with E-state index in [-0.39, 0.29) is 44.9 Å². The highest BCUT2D eigenvalue weighted by atomic mass is 32.2. The summed E-state index contributed by atoms with van der Waals surface area (Å²) < 4.78 is 29.0. The number of ether oxygens (including phenoxy) is 3. The lowest BCUT2D eigenvalue weighted by atomic mass is 10.1. The number of halogens is 1. The highest BCUT2D eigenvalue weighted by Gasteiger charge is 2.33. The Morgan fingerprint density at radius 3 is 2.61 bits per heavy atom. The highest BCUT2D eigenvalue weighted by Crippen LogP contribution is 2.43. The van der Waals surface area contributed by atoms with Crippen LogP contribution < -0.4 is 9.47 Å². The van der Waals surface area contributed by atoms with E-state index in [1.165, 1.54) is 44.6 Å². The van der Waals surface area contributed by atoms with Crippen molar-refractivity contribution < 1.29 is 33.6 Å². The third kappa shape index (κ3) is 4.83. The van der Waals surface area contributed by atoms with E-state index < -0.39 is 11.8 Å². The number of aliphatic imine (C=N–C) groups is 1. The van der Waals surface area contributed by atoms with E-state index in [4.69, 9.17) is 14.2 Å². The summed E-state index contributed by atoms with van der Waals surface area (Å²) >= 11 is 0.980. The molecule has 0 unspecified atom stereocenters. The molecule has 7 nitrogen and oxygen atoms in total. The molecule has 2 aromatic carbocycles. The smallest absolute Gasteiger partial charge is 0.344 e. The van der Waals surface area contributed by atoms with Gasteiger partial charge in [-0.3, -0.25) is 0 Å². The number of phenols is 1. The Morgan fingerprint density at radius 1 is 1.19 bits per heavy atom. The minimum Gasteiger partial charge on any atom is -0.507 e. The number of carbonyl (C=O) groups excluding carboxylic acids is 1. The van der Waals surface area contributed by atoms with Crippen molar-refractivity contribution >= 4 is 34.5 Å². The van der Waals surface area contributed by atoms with E-state index in [1.54, 1.807) is 19.1 Å². The molecule has 9 heteroatoms. The molecule has 2 N–H and O–H groups in total. The van der Waals surface area contributed by atoms with Crippen molar-refractivity contribution in [1.29, 1.82) is 0 Å². The number of hydrogen-bond donors (Lipinski definition) is 2. The maximum absolute atomic E-state index is 13.6. The van der Waals surface area contributed by atoms with Gasteiger partial charge in [0, 0.05) is 12.1 Å². The van der Waals surface area contributed by atoms with Gasteiger partial charge < -0.3 is 24.4 Å². The van der Waals surface area contributed by atoms with Crippen LogP contribution in [0.3, 0.4) is 0 Å². The molecule has 0 aliphatic carbocycles. The van der Waals surface area contributed by atoms with Crippen LogP contribution in [0, 0.1) is 5.82 Å². The fourth-order valence-electron chi connectivity index (χ4n) is 2.80. The van der Waals surface area contributed by atoms with Gasteiger partial charge in [-0.1, -0.05) is 17.8 Å². The maximum Gasteiger partial charge on any atom is 0.344 e. The van der Waals surface area contributed by atoms with E-state index in [9.17, 15) is 19.4 Å². The SMILES string of the molecule is CCOC(=O)C1=C(O)/C(=C\c2c(O)cc(OC)cc2OC)SC1=Nc1cccc(F)c1. The van der Waals surface area contributed by atoms with Crippen molar-refractivity contribution in [2.75, 3.05) is 20.8 Å². The van der Waals surface area contributed by atoms with E-state index in [0.29, 0.717) is 11.5 Å². The Bertz CT molecular complexity index is 1110. The Hall–Kier alpha value is -3.46. The number of esters is 1. The van der Waals surface area contributed by atoms with Crippen LogP contribution in [-0.2, 0) is 9.53 Å². The van der Waals surface area contributed by atoms with Crippen molar-refractivity contribution in [3.63, 3.8) is 0 Å². The normalized spacial score (nSPS) is 16.1. The molecule has 0 amide bonds. The second-order valence-corrected chi connectivity index (χ2v) is 7.24. The third-order valence-electron chi connectivity index (χ3n) is 4.23. The van der Waals surface area contributed by atoms with Crippen LogP contribution >= 0.6 is 11.8 Å². The Balaban J connectivity index is 2.12. The number of rotatable bonds is 6. The largest absolute Gasteiger partial charge is 0.507 e. The third-order valence-corrected chi connectivity index (χ3v) is 5.25. The molecule has 0 saturated heterocycles. The van der Waals surface area contributed by atoms with Crippen molar-refractivity contribution in [3.8, 4) is 17.2 Å². The lowest BCUT2D eigenvalue weighted by molar-refractivity contribution is -0.138. The molecule has 0 spiro atoms. The molecular weight excluding hydrogens is 425 g/mol. The van der Waals surface area contributed by atoms with Crippen molar-refractivity contribution in [1.82, 2.24) is 0 Å². The molecule has 0 aromatic heterocycles. The van der Waals surface area contributed by atoms with E-state index >= 15 is 0 Å². The van der Waals surface area contributed by atoms with Crippen LogP contribution in [-0.4, -0.2) is 42.1 Å². The second-order valence-electron chi connectivity index (χ2n) is 6.21. The summed E-state index contributed by atoms with van der Waals surface area (Å²) in [6.45, 7) is 1.73. The summed E-state index contributed by atoms with van der Waals surface area (Å²) in [6, 6.07) is 8.49. The zero-order chi connectivity index (χ0) is 22.5. The summed E-state index contributed by atoms with van der Waals surface area (Å²) in [7, 11) is 2.88. The molecular formula is C22H20FNO6S. The highest BCUT2D eigenvalue weighted by molar-refractivity contribution is 8.18. The number of aliphatic hydroxyl groups is 1. The van der Waals surface area contributed by atoms with Gasteiger partial charge in [-0.15, -0.1) is 0 Å². The van der Waals surface area contributed by atoms with Crippen molar-refractivity contribution in [2.24, 2.45) is 4.99 Å². The Labute approximate surface area is 182 Å². The predicted octanol–water partition coefficient (Wildman–Crippen LogP) is 4.74. The molecule has 1 heterocycles. The van der Waals surface area contributed by atoms with Crippen LogP contribution in [0.25, 0.3) is 6.08 Å². The van der Waals surface area contributed by atoms with Crippen molar-refractivity contribution in [2.45, 2.75) is 6.92 Å². The zero-order valence-corrected chi connectivity index (χ0v) is 17.8. The molecule has 1 aliphatic rings. The molecule has 0 bridgehead atoms. The fourth-order valence-corrected chi connectivity index (χ4v) is 3.82. The fraction of sp³-hybridized carbons (Fsp3) is 0.182. The van der Waals surface area contributed by atoms with Gasteiger partial charge in [-0.25, -0.2) is 14.2 Å². The van der Waals surface area contributed by atoms with Crippen molar-refractivity contribution in [3.05, 3.63) is 64.0 Å². The topological polar surface area (TPSA) is 97.6 Å². The molecule has 3 rings (SSSR count). The minimum absolute atomic E-state index is 0.0969. The number of carbonyl (C=O) groups is 1. The Morgan fingerprint density at radius 2 is 1.97 bits per heavy atom. The lowest BCUT2D eigenvalue weighted by Crippen LogP contribution is -2.12. The summed E-state index contributed by atoms with van der Waals surface area (Å²) in [5.41, 5.74) is 0.394. The van der Waals surface area contributed by atoms with Crippen LogP contribution in [0.1, 0.15) is 12.5 Å². The molecule has 2 aromatic rings. The minimum atomic E-state index is -0.767. The first-order valence-electron chi connectivity index (χ1n) is 9.17. The van der Waals surface area contributed by atoms with Gasteiger partial charge in [0.15, 0.2) is 0 Å². The molecule has 31 heavy (non-hydrogen) atoms. The van der Waals surface area contributed by atoms with Crippen LogP contribution in [0.5, 0.6) is 17.2 Å². The predicted molar refractivity (Wildman–Crippen MR) is 117 cm³/mol.